The number of piperidine rings is 1. The van der Waals surface area contributed by atoms with Gasteiger partial charge in [0.25, 0.3) is 0 Å². The minimum Gasteiger partial charge on any atom is -0.390 e. The Balaban J connectivity index is 2.09. The zero-order chi connectivity index (χ0) is 12.3. The van der Waals surface area contributed by atoms with Crippen molar-refractivity contribution in [2.75, 3.05) is 13.1 Å². The third-order valence-electron chi connectivity index (χ3n) is 3.68. The van der Waals surface area contributed by atoms with Gasteiger partial charge in [0.15, 0.2) is 0 Å². The fraction of sp³-hybridized carbons (Fsp3) is 0.571. The van der Waals surface area contributed by atoms with Crippen LogP contribution in [0.5, 0.6) is 0 Å². The summed E-state index contributed by atoms with van der Waals surface area (Å²) < 4.78 is 0. The molecule has 0 amide bonds. The third-order valence-corrected chi connectivity index (χ3v) is 3.68. The van der Waals surface area contributed by atoms with Crippen LogP contribution in [0.25, 0.3) is 0 Å². The molecule has 0 spiro atoms. The molecular weight excluding hydrogens is 212 g/mol. The van der Waals surface area contributed by atoms with Crippen molar-refractivity contribution in [2.45, 2.75) is 38.0 Å². The maximum absolute atomic E-state index is 9.87. The van der Waals surface area contributed by atoms with E-state index in [0.717, 1.165) is 19.4 Å². The average Bonchev–Trinajstić information content (AvgIpc) is 2.36. The number of nitrogens with zero attached hydrogens (tertiary/aromatic N) is 1. The number of β-amino-alcohol motifs (C(OH)–C–C–N with tert-alkyl or cyclic N) is 1. The summed E-state index contributed by atoms with van der Waals surface area (Å²) in [6.07, 6.45) is 1.55. The SMILES string of the molecule is CCC(c1ccccc1)N1CCC(N)C(O)C1. The van der Waals surface area contributed by atoms with Gasteiger partial charge in [-0.1, -0.05) is 37.3 Å². The number of aliphatic hydroxyl groups is 1. The fourth-order valence-corrected chi connectivity index (χ4v) is 2.64. The van der Waals surface area contributed by atoms with E-state index in [1.54, 1.807) is 0 Å². The lowest BCUT2D eigenvalue weighted by molar-refractivity contribution is 0.0302. The molecule has 94 valence electrons. The predicted molar refractivity (Wildman–Crippen MR) is 69.6 cm³/mol. The molecule has 3 atom stereocenters. The molecule has 1 saturated heterocycles. The van der Waals surface area contributed by atoms with Gasteiger partial charge < -0.3 is 10.8 Å². The second kappa shape index (κ2) is 5.63. The lowest BCUT2D eigenvalue weighted by Crippen LogP contribution is -2.51. The first kappa shape index (κ1) is 12.6. The van der Waals surface area contributed by atoms with Crippen LogP contribution < -0.4 is 5.73 Å². The summed E-state index contributed by atoms with van der Waals surface area (Å²) >= 11 is 0. The molecule has 3 heteroatoms. The smallest absolute Gasteiger partial charge is 0.0818 e. The van der Waals surface area contributed by atoms with Gasteiger partial charge in [-0.3, -0.25) is 4.90 Å². The Morgan fingerprint density at radius 3 is 2.71 bits per heavy atom. The van der Waals surface area contributed by atoms with E-state index in [1.165, 1.54) is 5.56 Å². The molecule has 0 radical (unpaired) electrons. The number of benzene rings is 1. The molecule has 1 aliphatic heterocycles. The molecule has 3 N–H and O–H groups in total. The summed E-state index contributed by atoms with van der Waals surface area (Å²) in [5.41, 5.74) is 7.18. The van der Waals surface area contributed by atoms with Crippen molar-refractivity contribution in [1.82, 2.24) is 4.90 Å². The van der Waals surface area contributed by atoms with Crippen molar-refractivity contribution in [1.29, 1.82) is 0 Å². The van der Waals surface area contributed by atoms with E-state index in [0.29, 0.717) is 12.6 Å². The summed E-state index contributed by atoms with van der Waals surface area (Å²) in [5.74, 6) is 0. The van der Waals surface area contributed by atoms with Crippen LogP contribution in [-0.2, 0) is 0 Å². The molecule has 1 aromatic carbocycles. The second-order valence-corrected chi connectivity index (χ2v) is 4.85. The zero-order valence-corrected chi connectivity index (χ0v) is 10.4. The van der Waals surface area contributed by atoms with Gasteiger partial charge >= 0.3 is 0 Å². The molecule has 1 aliphatic rings. The molecular formula is C14H22N2O. The van der Waals surface area contributed by atoms with Gasteiger partial charge in [-0.05, 0) is 18.4 Å². The minimum atomic E-state index is -0.387. The molecule has 0 bridgehead atoms. The zero-order valence-electron chi connectivity index (χ0n) is 10.4. The molecule has 3 unspecified atom stereocenters. The highest BCUT2D eigenvalue weighted by atomic mass is 16.3. The van der Waals surface area contributed by atoms with Gasteiger partial charge in [0.05, 0.1) is 6.10 Å². The second-order valence-electron chi connectivity index (χ2n) is 4.85. The van der Waals surface area contributed by atoms with E-state index in [4.69, 9.17) is 5.73 Å². The van der Waals surface area contributed by atoms with Gasteiger partial charge in [0, 0.05) is 25.2 Å². The van der Waals surface area contributed by atoms with E-state index >= 15 is 0 Å². The first-order valence-corrected chi connectivity index (χ1v) is 6.45. The van der Waals surface area contributed by atoms with Crippen molar-refractivity contribution in [3.8, 4) is 0 Å². The van der Waals surface area contributed by atoms with Gasteiger partial charge in [-0.25, -0.2) is 0 Å². The van der Waals surface area contributed by atoms with Crippen molar-refractivity contribution in [2.24, 2.45) is 5.73 Å². The highest BCUT2D eigenvalue weighted by molar-refractivity contribution is 5.19. The van der Waals surface area contributed by atoms with Crippen molar-refractivity contribution in [3.63, 3.8) is 0 Å². The molecule has 1 heterocycles. The average molecular weight is 234 g/mol. The first-order valence-electron chi connectivity index (χ1n) is 6.45. The number of hydrogen-bond donors (Lipinski definition) is 2. The predicted octanol–water partition coefficient (Wildman–Crippen LogP) is 1.53. The molecule has 17 heavy (non-hydrogen) atoms. The van der Waals surface area contributed by atoms with E-state index in [-0.39, 0.29) is 12.1 Å². The normalized spacial score (nSPS) is 27.9. The maximum Gasteiger partial charge on any atom is 0.0818 e. The summed E-state index contributed by atoms with van der Waals surface area (Å²) in [6, 6.07) is 10.9. The number of nitrogens with two attached hydrogens (primary N) is 1. The van der Waals surface area contributed by atoms with Crippen molar-refractivity contribution < 1.29 is 5.11 Å². The number of likely N-dealkylation sites (tertiary alicyclic amines) is 1. The highest BCUT2D eigenvalue weighted by Crippen LogP contribution is 2.26. The Morgan fingerprint density at radius 2 is 2.12 bits per heavy atom. The number of hydrogen-bond acceptors (Lipinski definition) is 3. The number of aliphatic hydroxyl groups excluding tert-OH is 1. The number of rotatable bonds is 3. The Labute approximate surface area is 103 Å². The summed E-state index contributed by atoms with van der Waals surface area (Å²) in [6.45, 7) is 3.86. The highest BCUT2D eigenvalue weighted by Gasteiger charge is 2.29. The summed E-state index contributed by atoms with van der Waals surface area (Å²) in [5, 5.41) is 9.87. The van der Waals surface area contributed by atoms with Crippen molar-refractivity contribution >= 4 is 0 Å². The maximum atomic E-state index is 9.87. The van der Waals surface area contributed by atoms with Gasteiger partial charge in [-0.2, -0.15) is 0 Å². The largest absolute Gasteiger partial charge is 0.390 e. The Morgan fingerprint density at radius 1 is 1.41 bits per heavy atom. The van der Waals surface area contributed by atoms with Crippen LogP contribution in [-0.4, -0.2) is 35.2 Å². The topological polar surface area (TPSA) is 49.5 Å². The van der Waals surface area contributed by atoms with E-state index in [2.05, 4.69) is 36.1 Å². The van der Waals surface area contributed by atoms with E-state index < -0.39 is 0 Å². The summed E-state index contributed by atoms with van der Waals surface area (Å²) in [4.78, 5) is 2.35. The van der Waals surface area contributed by atoms with Crippen LogP contribution in [0, 0.1) is 0 Å². The van der Waals surface area contributed by atoms with E-state index in [9.17, 15) is 5.11 Å². The van der Waals surface area contributed by atoms with Crippen LogP contribution in [0.1, 0.15) is 31.4 Å². The van der Waals surface area contributed by atoms with Crippen LogP contribution in [0.2, 0.25) is 0 Å². The molecule has 1 fully saturated rings. The molecule has 1 aromatic rings. The van der Waals surface area contributed by atoms with Crippen LogP contribution in [0.3, 0.4) is 0 Å². The van der Waals surface area contributed by atoms with Crippen LogP contribution in [0.4, 0.5) is 0 Å². The Bertz CT molecular complexity index is 341. The Hall–Kier alpha value is -0.900. The monoisotopic (exact) mass is 234 g/mol. The first-order chi connectivity index (χ1) is 8.22. The van der Waals surface area contributed by atoms with E-state index in [1.807, 2.05) is 6.07 Å². The quantitative estimate of drug-likeness (QED) is 0.834. The summed E-state index contributed by atoms with van der Waals surface area (Å²) in [7, 11) is 0. The lowest BCUT2D eigenvalue weighted by atomic mass is 9.96. The third kappa shape index (κ3) is 2.86. The van der Waals surface area contributed by atoms with Gasteiger partial charge in [-0.15, -0.1) is 0 Å². The van der Waals surface area contributed by atoms with Crippen molar-refractivity contribution in [3.05, 3.63) is 35.9 Å². The molecule has 0 aliphatic carbocycles. The fourth-order valence-electron chi connectivity index (χ4n) is 2.64. The standard InChI is InChI=1S/C14H22N2O/c1-2-13(11-6-4-3-5-7-11)16-9-8-12(15)14(17)10-16/h3-7,12-14,17H,2,8-10,15H2,1H3. The molecule has 0 aromatic heterocycles. The lowest BCUT2D eigenvalue weighted by Gasteiger charge is -2.39. The van der Waals surface area contributed by atoms with Crippen LogP contribution >= 0.6 is 0 Å². The Kier molecular flexibility index (Phi) is 4.15. The van der Waals surface area contributed by atoms with Gasteiger partial charge in [0.2, 0.25) is 0 Å². The van der Waals surface area contributed by atoms with Crippen LogP contribution in [0.15, 0.2) is 30.3 Å². The molecule has 0 saturated carbocycles. The van der Waals surface area contributed by atoms with Gasteiger partial charge in [0.1, 0.15) is 0 Å². The minimum absolute atomic E-state index is 0.0560. The molecule has 3 nitrogen and oxygen atoms in total. The molecule has 2 rings (SSSR count).